The number of hydrogen-bond acceptors (Lipinski definition) is 3. The van der Waals surface area contributed by atoms with Crippen LogP contribution < -0.4 is 5.30 Å². The topological polar surface area (TPSA) is 60.7 Å². The monoisotopic (exact) mass is 300 g/mol. The molecular weight excluding hydrogens is 271 g/mol. The van der Waals surface area contributed by atoms with Crippen molar-refractivity contribution in [3.63, 3.8) is 0 Å². The van der Waals surface area contributed by atoms with Crippen LogP contribution >= 0.6 is 7.94 Å². The van der Waals surface area contributed by atoms with Crippen LogP contribution in [0.1, 0.15) is 63.9 Å². The molecule has 0 radical (unpaired) electrons. The third-order valence-corrected chi connectivity index (χ3v) is 4.77. The zero-order chi connectivity index (χ0) is 14.8. The molecule has 0 amide bonds. The van der Waals surface area contributed by atoms with E-state index >= 15 is 0 Å². The normalized spacial score (nSPS) is 12.6. The predicted molar refractivity (Wildman–Crippen MR) is 87.4 cm³/mol. The Kier molecular flexibility index (Phi) is 8.32. The summed E-state index contributed by atoms with van der Waals surface area (Å²) in [5.74, 6) is 0. The third-order valence-electron chi connectivity index (χ3n) is 3.66. The molecule has 116 valence electrons. The summed E-state index contributed by atoms with van der Waals surface area (Å²) >= 11 is 0. The molecule has 3 nitrogen and oxygen atoms in total. The Morgan fingerprint density at radius 1 is 0.750 bits per heavy atom. The SMILES string of the molecule is CCCCCCCCCCc1ccc([PH](O)(O)O)cc1. The average Bonchev–Trinajstić information content (AvgIpc) is 2.41. The maximum atomic E-state index is 9.16. The molecule has 4 heteroatoms. The third kappa shape index (κ3) is 7.35. The first kappa shape index (κ1) is 17.6. The van der Waals surface area contributed by atoms with Gasteiger partial charge in [0.2, 0.25) is 0 Å². The van der Waals surface area contributed by atoms with Crippen LogP contribution in [0, 0.1) is 0 Å². The number of rotatable bonds is 10. The van der Waals surface area contributed by atoms with Crippen molar-refractivity contribution in [3.05, 3.63) is 29.8 Å². The molecule has 3 N–H and O–H groups in total. The van der Waals surface area contributed by atoms with E-state index in [1.807, 2.05) is 12.1 Å². The van der Waals surface area contributed by atoms with Gasteiger partial charge in [0.15, 0.2) is 0 Å². The Morgan fingerprint density at radius 3 is 1.75 bits per heavy atom. The summed E-state index contributed by atoms with van der Waals surface area (Å²) in [7, 11) is -4.12. The second kappa shape index (κ2) is 9.46. The van der Waals surface area contributed by atoms with Crippen molar-refractivity contribution in [2.45, 2.75) is 64.7 Å². The second-order valence-corrected chi connectivity index (χ2v) is 7.41. The van der Waals surface area contributed by atoms with E-state index < -0.39 is 7.94 Å². The first-order chi connectivity index (χ1) is 9.54. The summed E-state index contributed by atoms with van der Waals surface area (Å²) in [6, 6.07) is 6.99. The molecule has 0 atom stereocenters. The molecule has 0 bridgehead atoms. The Bertz CT molecular complexity index is 357. The van der Waals surface area contributed by atoms with Gasteiger partial charge in [0.05, 0.1) is 0 Å². The van der Waals surface area contributed by atoms with Gasteiger partial charge in [-0.15, -0.1) is 0 Å². The van der Waals surface area contributed by atoms with Gasteiger partial charge in [-0.3, -0.25) is 0 Å². The summed E-state index contributed by atoms with van der Waals surface area (Å²) in [5.41, 5.74) is 1.19. The van der Waals surface area contributed by atoms with Crippen LogP contribution in [0.15, 0.2) is 24.3 Å². The second-order valence-electron chi connectivity index (χ2n) is 5.56. The number of aryl methyl sites for hydroxylation is 1. The fourth-order valence-electron chi connectivity index (χ4n) is 2.36. The van der Waals surface area contributed by atoms with Crippen molar-refractivity contribution in [2.75, 3.05) is 0 Å². The summed E-state index contributed by atoms with van der Waals surface area (Å²) in [6.07, 6.45) is 11.5. The Balaban J connectivity index is 2.13. The predicted octanol–water partition coefficient (Wildman–Crippen LogP) is 3.47. The van der Waals surface area contributed by atoms with E-state index in [2.05, 4.69) is 6.92 Å². The van der Waals surface area contributed by atoms with E-state index in [0.29, 0.717) is 0 Å². The Labute approximate surface area is 123 Å². The van der Waals surface area contributed by atoms with Gasteiger partial charge in [0.25, 0.3) is 0 Å². The van der Waals surface area contributed by atoms with Gasteiger partial charge in [0.1, 0.15) is 0 Å². The molecule has 1 rings (SSSR count). The minimum absolute atomic E-state index is 0.247. The van der Waals surface area contributed by atoms with Crippen LogP contribution in [0.2, 0.25) is 0 Å². The van der Waals surface area contributed by atoms with E-state index in [-0.39, 0.29) is 5.30 Å². The summed E-state index contributed by atoms with van der Waals surface area (Å²) in [4.78, 5) is 27.5. The van der Waals surface area contributed by atoms with Crippen LogP contribution in [-0.4, -0.2) is 14.7 Å². The van der Waals surface area contributed by atoms with Crippen LogP contribution in [0.4, 0.5) is 0 Å². The van der Waals surface area contributed by atoms with Crippen molar-refractivity contribution < 1.29 is 14.7 Å². The molecular formula is C16H29O3P. The Hall–Kier alpha value is -0.470. The zero-order valence-corrected chi connectivity index (χ0v) is 13.5. The van der Waals surface area contributed by atoms with Crippen molar-refractivity contribution in [3.8, 4) is 0 Å². The van der Waals surface area contributed by atoms with E-state index in [4.69, 9.17) is 14.7 Å². The molecule has 1 aromatic rings. The van der Waals surface area contributed by atoms with Gasteiger partial charge in [-0.2, -0.15) is 0 Å². The molecule has 1 aromatic carbocycles. The standard InChI is InChI=1S/C16H29O3P/c1-2-3-4-5-6-7-8-9-10-15-11-13-16(14-12-15)20(17,18)19/h11-14,17-20H,2-10H2,1H3. The van der Waals surface area contributed by atoms with Gasteiger partial charge < -0.3 is 0 Å². The molecule has 0 spiro atoms. The van der Waals surface area contributed by atoms with E-state index in [9.17, 15) is 0 Å². The van der Waals surface area contributed by atoms with Gasteiger partial charge in [-0.05, 0) is 0 Å². The molecule has 0 aromatic heterocycles. The van der Waals surface area contributed by atoms with Crippen molar-refractivity contribution >= 4 is 13.2 Å². The van der Waals surface area contributed by atoms with Gasteiger partial charge in [0, 0.05) is 0 Å². The van der Waals surface area contributed by atoms with Crippen LogP contribution in [0.3, 0.4) is 0 Å². The maximum absolute atomic E-state index is 9.16. The minimum atomic E-state index is -4.12. The molecule has 0 saturated heterocycles. The molecule has 0 saturated carbocycles. The van der Waals surface area contributed by atoms with Crippen molar-refractivity contribution in [1.82, 2.24) is 0 Å². The molecule has 0 unspecified atom stereocenters. The van der Waals surface area contributed by atoms with E-state index in [0.717, 1.165) is 6.42 Å². The molecule has 0 aliphatic rings. The fraction of sp³-hybridized carbons (Fsp3) is 0.625. The van der Waals surface area contributed by atoms with Gasteiger partial charge in [-0.25, -0.2) is 0 Å². The van der Waals surface area contributed by atoms with Gasteiger partial charge >= 0.3 is 109 Å². The van der Waals surface area contributed by atoms with Crippen LogP contribution in [0.5, 0.6) is 0 Å². The number of benzene rings is 1. The van der Waals surface area contributed by atoms with Crippen LogP contribution in [-0.2, 0) is 6.42 Å². The quantitative estimate of drug-likeness (QED) is 0.458. The zero-order valence-electron chi connectivity index (χ0n) is 12.5. The Morgan fingerprint density at radius 2 is 1.25 bits per heavy atom. The first-order valence-corrected chi connectivity index (χ1v) is 9.64. The average molecular weight is 300 g/mol. The van der Waals surface area contributed by atoms with Crippen molar-refractivity contribution in [1.29, 1.82) is 0 Å². The molecule has 0 aliphatic heterocycles. The summed E-state index contributed by atoms with van der Waals surface area (Å²) in [5, 5.41) is 0.247. The van der Waals surface area contributed by atoms with E-state index in [1.54, 1.807) is 12.1 Å². The van der Waals surface area contributed by atoms with Crippen molar-refractivity contribution in [2.24, 2.45) is 0 Å². The van der Waals surface area contributed by atoms with Crippen LogP contribution in [0.25, 0.3) is 0 Å². The number of unbranched alkanes of at least 4 members (excludes halogenated alkanes) is 7. The number of hydrogen-bond donors (Lipinski definition) is 3. The first-order valence-electron chi connectivity index (χ1n) is 7.80. The summed E-state index contributed by atoms with van der Waals surface area (Å²) < 4.78 is 0. The molecule has 0 aliphatic carbocycles. The van der Waals surface area contributed by atoms with E-state index in [1.165, 1.54) is 56.9 Å². The summed E-state index contributed by atoms with van der Waals surface area (Å²) in [6.45, 7) is 2.24. The van der Waals surface area contributed by atoms with Gasteiger partial charge in [-0.1, -0.05) is 13.3 Å². The fourth-order valence-corrected chi connectivity index (χ4v) is 2.97. The molecule has 0 heterocycles. The molecule has 20 heavy (non-hydrogen) atoms. The molecule has 0 fully saturated rings.